The van der Waals surface area contributed by atoms with Crippen molar-refractivity contribution in [3.63, 3.8) is 0 Å². The Labute approximate surface area is 199 Å². The van der Waals surface area contributed by atoms with Gasteiger partial charge in [0.2, 0.25) is 0 Å². The second-order valence-electron chi connectivity index (χ2n) is 8.30. The van der Waals surface area contributed by atoms with E-state index in [4.69, 9.17) is 11.1 Å². The summed E-state index contributed by atoms with van der Waals surface area (Å²) in [5.74, 6) is -0.366. The predicted molar refractivity (Wildman–Crippen MR) is 135 cm³/mol. The minimum absolute atomic E-state index is 0.0129. The molecule has 0 spiro atoms. The highest BCUT2D eigenvalue weighted by Crippen LogP contribution is 2.27. The number of hydrogen-bond acceptors (Lipinski definition) is 4. The van der Waals surface area contributed by atoms with Gasteiger partial charge >= 0.3 is 0 Å². The zero-order valence-corrected chi connectivity index (χ0v) is 19.1. The molecule has 6 heteroatoms. The van der Waals surface area contributed by atoms with E-state index < -0.39 is 6.04 Å². The lowest BCUT2D eigenvalue weighted by Crippen LogP contribution is -2.50. The maximum atomic E-state index is 13.3. The van der Waals surface area contributed by atoms with E-state index in [1.165, 1.54) is 0 Å². The fraction of sp³-hybridized carbons (Fsp3) is 0.179. The van der Waals surface area contributed by atoms with E-state index in [1.54, 1.807) is 19.2 Å². The number of nitrogen functional groups attached to an aromatic ring is 1. The van der Waals surface area contributed by atoms with Crippen molar-refractivity contribution in [3.05, 3.63) is 113 Å². The molecule has 1 unspecified atom stereocenters. The number of amidine groups is 1. The van der Waals surface area contributed by atoms with Crippen molar-refractivity contribution in [1.82, 2.24) is 10.2 Å². The summed E-state index contributed by atoms with van der Waals surface area (Å²) < 4.78 is 0. The molecule has 34 heavy (non-hydrogen) atoms. The highest BCUT2D eigenvalue weighted by Gasteiger charge is 2.33. The molecular weight excluding hydrogens is 424 g/mol. The van der Waals surface area contributed by atoms with Crippen LogP contribution in [0.3, 0.4) is 0 Å². The van der Waals surface area contributed by atoms with Gasteiger partial charge in [0.05, 0.1) is 0 Å². The Morgan fingerprint density at radius 1 is 1.12 bits per heavy atom. The molecule has 0 saturated carbocycles. The summed E-state index contributed by atoms with van der Waals surface area (Å²) >= 11 is 0. The van der Waals surface area contributed by atoms with E-state index in [0.29, 0.717) is 30.6 Å². The lowest BCUT2D eigenvalue weighted by atomic mass is 9.99. The first kappa shape index (κ1) is 23.0. The van der Waals surface area contributed by atoms with Crippen molar-refractivity contribution in [1.29, 1.82) is 5.41 Å². The Bertz CT molecular complexity index is 1240. The van der Waals surface area contributed by atoms with E-state index >= 15 is 0 Å². The van der Waals surface area contributed by atoms with E-state index in [1.807, 2.05) is 53.5 Å². The van der Waals surface area contributed by atoms with E-state index in [2.05, 4.69) is 29.6 Å². The first-order chi connectivity index (χ1) is 16.5. The molecule has 1 heterocycles. The number of amides is 1. The number of rotatable bonds is 7. The molecule has 2 aliphatic rings. The molecule has 2 aromatic carbocycles. The molecule has 1 aliphatic heterocycles. The molecule has 0 fully saturated rings. The number of nitrogens with one attached hydrogen (secondary N) is 2. The minimum atomic E-state index is -0.589. The van der Waals surface area contributed by atoms with Crippen LogP contribution in [0.1, 0.15) is 36.5 Å². The van der Waals surface area contributed by atoms with E-state index in [-0.39, 0.29) is 17.5 Å². The van der Waals surface area contributed by atoms with Crippen LogP contribution in [-0.2, 0) is 16.1 Å². The molecule has 4 rings (SSSR count). The number of hydrogen-bond donors (Lipinski definition) is 3. The van der Waals surface area contributed by atoms with Gasteiger partial charge in [-0.25, -0.2) is 0 Å². The fourth-order valence-corrected chi connectivity index (χ4v) is 4.18. The van der Waals surface area contributed by atoms with Crippen LogP contribution in [0.4, 0.5) is 0 Å². The monoisotopic (exact) mass is 452 g/mol. The number of Topliss-reactive ketones (excluding diaryl/α,β-unsaturated/α-hetero) is 1. The van der Waals surface area contributed by atoms with Crippen LogP contribution in [-0.4, -0.2) is 28.5 Å². The van der Waals surface area contributed by atoms with Crippen LogP contribution in [0.25, 0.3) is 5.57 Å². The van der Waals surface area contributed by atoms with Crippen LogP contribution in [0, 0.1) is 5.41 Å². The maximum Gasteiger partial charge on any atom is 0.251 e. The zero-order chi connectivity index (χ0) is 24.1. The Balaban J connectivity index is 1.67. The summed E-state index contributed by atoms with van der Waals surface area (Å²) in [6.45, 7) is 2.17. The van der Waals surface area contributed by atoms with Gasteiger partial charge in [-0.15, -0.1) is 0 Å². The van der Waals surface area contributed by atoms with Gasteiger partial charge in [0.15, 0.2) is 5.78 Å². The van der Waals surface area contributed by atoms with Gasteiger partial charge in [0, 0.05) is 24.7 Å². The molecular formula is C28H28N4O2. The van der Waals surface area contributed by atoms with Crippen molar-refractivity contribution >= 4 is 23.1 Å². The van der Waals surface area contributed by atoms with Gasteiger partial charge in [0.1, 0.15) is 17.6 Å². The van der Waals surface area contributed by atoms with Crippen LogP contribution in [0.15, 0.2) is 96.4 Å². The summed E-state index contributed by atoms with van der Waals surface area (Å²) in [6, 6.07) is 16.9. The van der Waals surface area contributed by atoms with Gasteiger partial charge in [-0.1, -0.05) is 79.8 Å². The highest BCUT2D eigenvalue weighted by atomic mass is 16.2. The second-order valence-corrected chi connectivity index (χ2v) is 8.30. The molecule has 0 aromatic heterocycles. The summed E-state index contributed by atoms with van der Waals surface area (Å²) in [4.78, 5) is 27.6. The Morgan fingerprint density at radius 3 is 2.65 bits per heavy atom. The smallest absolute Gasteiger partial charge is 0.251 e. The predicted octanol–water partition coefficient (Wildman–Crippen LogP) is 4.06. The summed E-state index contributed by atoms with van der Waals surface area (Å²) in [6.07, 6.45) is 10.9. The highest BCUT2D eigenvalue weighted by molar-refractivity contribution is 6.01. The number of nitrogens with zero attached hydrogens (tertiary/aromatic N) is 1. The third-order valence-electron chi connectivity index (χ3n) is 5.93. The average molecular weight is 453 g/mol. The third kappa shape index (κ3) is 5.07. The average Bonchev–Trinajstić information content (AvgIpc) is 3.10. The molecule has 2 aromatic rings. The number of benzene rings is 2. The van der Waals surface area contributed by atoms with E-state index in [0.717, 1.165) is 22.3 Å². The summed E-state index contributed by atoms with van der Waals surface area (Å²) in [5, 5.41) is 10.5. The molecule has 6 nitrogen and oxygen atoms in total. The van der Waals surface area contributed by atoms with Gasteiger partial charge in [-0.3, -0.25) is 15.0 Å². The first-order valence-corrected chi connectivity index (χ1v) is 11.3. The maximum absolute atomic E-state index is 13.3. The zero-order valence-electron chi connectivity index (χ0n) is 19.1. The number of carbonyl (C=O) groups is 2. The van der Waals surface area contributed by atoms with Crippen molar-refractivity contribution < 1.29 is 9.59 Å². The van der Waals surface area contributed by atoms with Crippen molar-refractivity contribution in [3.8, 4) is 0 Å². The quantitative estimate of drug-likeness (QED) is 0.436. The molecule has 1 amide bonds. The van der Waals surface area contributed by atoms with Crippen molar-refractivity contribution in [2.75, 3.05) is 0 Å². The van der Waals surface area contributed by atoms with Crippen LogP contribution in [0.2, 0.25) is 0 Å². The van der Waals surface area contributed by atoms with Crippen LogP contribution in [0.5, 0.6) is 0 Å². The van der Waals surface area contributed by atoms with Gasteiger partial charge < -0.3 is 16.0 Å². The molecule has 0 radical (unpaired) electrons. The van der Waals surface area contributed by atoms with E-state index in [9.17, 15) is 9.59 Å². The number of allylic oxidation sites excluding steroid dienone is 5. The molecule has 0 saturated heterocycles. The largest absolute Gasteiger partial charge is 0.384 e. The number of ketones is 1. The standard InChI is InChI=1S/C28H28N4O2/c1-2-25(33)24-18-32(17-19-8-6-13-23(16-19)27(29)30)26(28(34)31-24)22-12-7-11-21(14-15-22)20-9-4-3-5-10-20/h3-6,8-16,18,26H,2,7,17H2,1H3,(H3,29,30)(H,31,34). The van der Waals surface area contributed by atoms with Gasteiger partial charge in [-0.05, 0) is 34.8 Å². The molecule has 4 N–H and O–H groups in total. The van der Waals surface area contributed by atoms with Crippen LogP contribution < -0.4 is 11.1 Å². The topological polar surface area (TPSA) is 99.3 Å². The lowest BCUT2D eigenvalue weighted by molar-refractivity contribution is -0.127. The van der Waals surface area contributed by atoms with Crippen LogP contribution >= 0.6 is 0 Å². The first-order valence-electron chi connectivity index (χ1n) is 11.3. The Morgan fingerprint density at radius 2 is 1.91 bits per heavy atom. The third-order valence-corrected chi connectivity index (χ3v) is 5.93. The fourth-order valence-electron chi connectivity index (χ4n) is 4.18. The summed E-state index contributed by atoms with van der Waals surface area (Å²) in [7, 11) is 0. The SMILES string of the molecule is CCC(=O)C1=CN(Cc2cccc(C(=N)N)c2)C(C2=CCC=C(c3ccccc3)C=C2)C(=O)N1. The van der Waals surface area contributed by atoms with Gasteiger partial charge in [0.25, 0.3) is 5.91 Å². The van der Waals surface area contributed by atoms with Gasteiger partial charge in [-0.2, -0.15) is 0 Å². The molecule has 1 aliphatic carbocycles. The minimum Gasteiger partial charge on any atom is -0.384 e. The number of carbonyl (C=O) groups excluding carboxylic acids is 2. The molecule has 0 bridgehead atoms. The lowest BCUT2D eigenvalue weighted by Gasteiger charge is -2.35. The van der Waals surface area contributed by atoms with Crippen molar-refractivity contribution in [2.24, 2.45) is 5.73 Å². The molecule has 172 valence electrons. The summed E-state index contributed by atoms with van der Waals surface area (Å²) in [5.41, 5.74) is 10.6. The second kappa shape index (κ2) is 10.2. The van der Waals surface area contributed by atoms with Crippen molar-refractivity contribution in [2.45, 2.75) is 32.4 Å². The Hall–Kier alpha value is -4.19. The number of nitrogens with two attached hydrogens (primary N) is 1. The molecule has 1 atom stereocenters. The Kier molecular flexibility index (Phi) is 6.87. The normalized spacial score (nSPS) is 17.8.